The lowest BCUT2D eigenvalue weighted by Crippen LogP contribution is -2.29. The molecule has 0 aromatic carbocycles. The van der Waals surface area contributed by atoms with Crippen LogP contribution in [0.5, 0.6) is 0 Å². The molecule has 0 saturated heterocycles. The van der Waals surface area contributed by atoms with E-state index in [-0.39, 0.29) is 0 Å². The van der Waals surface area contributed by atoms with Crippen molar-refractivity contribution >= 4 is 5.52 Å². The van der Waals surface area contributed by atoms with Crippen molar-refractivity contribution in [3.63, 3.8) is 0 Å². The van der Waals surface area contributed by atoms with E-state index in [0.717, 1.165) is 6.42 Å². The second-order valence-electron chi connectivity index (χ2n) is 3.41. The van der Waals surface area contributed by atoms with Gasteiger partial charge in [0.25, 0.3) is 6.33 Å². The molecular weight excluding hydrogens is 162 g/mol. The standard InChI is InChI=1S/C10H14N3/c1-4-9-6-12(3)7-13-10(9)8(2)5-11-13/h5-7H,4H2,1-3H3/q+1. The SMILES string of the molecule is CCc1c[n+](C)cn2ncc(C)c12. The second kappa shape index (κ2) is 2.83. The van der Waals surface area contributed by atoms with Crippen molar-refractivity contribution in [3.8, 4) is 0 Å². The van der Waals surface area contributed by atoms with E-state index in [2.05, 4.69) is 25.1 Å². The fourth-order valence-electron chi connectivity index (χ4n) is 1.71. The molecule has 2 aromatic heterocycles. The number of fused-ring (bicyclic) bond motifs is 1. The summed E-state index contributed by atoms with van der Waals surface area (Å²) in [7, 11) is 2.02. The Morgan fingerprint density at radius 1 is 1.54 bits per heavy atom. The van der Waals surface area contributed by atoms with Crippen molar-refractivity contribution in [3.05, 3.63) is 29.8 Å². The first-order chi connectivity index (χ1) is 6.22. The Kier molecular flexibility index (Phi) is 1.79. The number of aryl methyl sites for hydroxylation is 3. The lowest BCUT2D eigenvalue weighted by atomic mass is 10.1. The molecule has 0 aliphatic rings. The highest BCUT2D eigenvalue weighted by Gasteiger charge is 2.11. The third-order valence-electron chi connectivity index (χ3n) is 2.31. The topological polar surface area (TPSA) is 21.2 Å². The van der Waals surface area contributed by atoms with Gasteiger partial charge in [0, 0.05) is 11.1 Å². The van der Waals surface area contributed by atoms with Crippen molar-refractivity contribution in [2.75, 3.05) is 0 Å². The molecule has 0 amide bonds. The second-order valence-corrected chi connectivity index (χ2v) is 3.41. The normalized spacial score (nSPS) is 11.0. The largest absolute Gasteiger partial charge is 0.269 e. The van der Waals surface area contributed by atoms with Crippen molar-refractivity contribution in [2.45, 2.75) is 20.3 Å². The van der Waals surface area contributed by atoms with E-state index in [1.54, 1.807) is 0 Å². The molecule has 3 heteroatoms. The Balaban J connectivity index is 2.85. The monoisotopic (exact) mass is 176 g/mol. The van der Waals surface area contributed by atoms with Crippen molar-refractivity contribution in [1.29, 1.82) is 0 Å². The fraction of sp³-hybridized carbons (Fsp3) is 0.400. The Hall–Kier alpha value is -1.38. The first-order valence-electron chi connectivity index (χ1n) is 4.54. The van der Waals surface area contributed by atoms with Crippen LogP contribution < -0.4 is 4.57 Å². The van der Waals surface area contributed by atoms with Crippen LogP contribution in [0.1, 0.15) is 18.1 Å². The molecule has 0 atom stereocenters. The van der Waals surface area contributed by atoms with E-state index in [9.17, 15) is 0 Å². The van der Waals surface area contributed by atoms with Crippen molar-refractivity contribution in [2.24, 2.45) is 7.05 Å². The van der Waals surface area contributed by atoms with E-state index >= 15 is 0 Å². The van der Waals surface area contributed by atoms with Crippen LogP contribution in [0.4, 0.5) is 0 Å². The van der Waals surface area contributed by atoms with Gasteiger partial charge in [-0.2, -0.15) is 0 Å². The lowest BCUT2D eigenvalue weighted by molar-refractivity contribution is -0.675. The molecule has 0 radical (unpaired) electrons. The molecule has 0 aliphatic carbocycles. The van der Waals surface area contributed by atoms with Gasteiger partial charge < -0.3 is 0 Å². The summed E-state index contributed by atoms with van der Waals surface area (Å²) in [5.74, 6) is 0. The quantitative estimate of drug-likeness (QED) is 0.595. The van der Waals surface area contributed by atoms with Gasteiger partial charge in [-0.3, -0.25) is 0 Å². The zero-order valence-electron chi connectivity index (χ0n) is 8.28. The summed E-state index contributed by atoms with van der Waals surface area (Å²) in [5.41, 5.74) is 3.85. The summed E-state index contributed by atoms with van der Waals surface area (Å²) in [4.78, 5) is 0. The van der Waals surface area contributed by atoms with Gasteiger partial charge in [0.2, 0.25) is 0 Å². The maximum Gasteiger partial charge on any atom is 0.269 e. The van der Waals surface area contributed by atoms with Gasteiger partial charge in [-0.1, -0.05) is 12.0 Å². The third-order valence-corrected chi connectivity index (χ3v) is 2.31. The average molecular weight is 176 g/mol. The number of nitrogens with zero attached hydrogens (tertiary/aromatic N) is 3. The summed E-state index contributed by atoms with van der Waals surface area (Å²) in [6, 6.07) is 0. The zero-order valence-corrected chi connectivity index (χ0v) is 8.28. The Bertz CT molecular complexity index is 443. The van der Waals surface area contributed by atoms with Crippen LogP contribution >= 0.6 is 0 Å². The molecule has 0 saturated carbocycles. The number of aromatic nitrogens is 3. The number of rotatable bonds is 1. The van der Waals surface area contributed by atoms with E-state index in [0.29, 0.717) is 0 Å². The summed E-state index contributed by atoms with van der Waals surface area (Å²) in [6.45, 7) is 4.27. The predicted octanol–water partition coefficient (Wildman–Crippen LogP) is 1.03. The number of hydrogen-bond acceptors (Lipinski definition) is 1. The molecule has 0 unspecified atom stereocenters. The molecule has 0 spiro atoms. The first kappa shape index (κ1) is 8.23. The zero-order chi connectivity index (χ0) is 9.42. The fourth-order valence-corrected chi connectivity index (χ4v) is 1.71. The van der Waals surface area contributed by atoms with Gasteiger partial charge in [0.05, 0.1) is 19.4 Å². The van der Waals surface area contributed by atoms with Crippen LogP contribution in [0.2, 0.25) is 0 Å². The summed E-state index contributed by atoms with van der Waals surface area (Å²) < 4.78 is 3.98. The van der Waals surface area contributed by atoms with E-state index in [1.807, 2.05) is 28.7 Å². The van der Waals surface area contributed by atoms with Crippen molar-refractivity contribution in [1.82, 2.24) is 9.61 Å². The molecule has 13 heavy (non-hydrogen) atoms. The summed E-state index contributed by atoms with van der Waals surface area (Å²) in [5, 5.41) is 4.28. The van der Waals surface area contributed by atoms with Crippen LogP contribution in [-0.4, -0.2) is 9.61 Å². The molecule has 3 nitrogen and oxygen atoms in total. The molecular formula is C10H14N3+. The van der Waals surface area contributed by atoms with Gasteiger partial charge in [0.1, 0.15) is 0 Å². The minimum atomic E-state index is 1.05. The molecule has 2 heterocycles. The highest BCUT2D eigenvalue weighted by molar-refractivity contribution is 5.58. The van der Waals surface area contributed by atoms with Gasteiger partial charge >= 0.3 is 0 Å². The van der Waals surface area contributed by atoms with Crippen LogP contribution in [-0.2, 0) is 13.5 Å². The van der Waals surface area contributed by atoms with E-state index in [4.69, 9.17) is 0 Å². The maximum atomic E-state index is 4.28. The van der Waals surface area contributed by atoms with Gasteiger partial charge in [-0.05, 0) is 13.3 Å². The smallest absolute Gasteiger partial charge is 0.241 e. The Labute approximate surface area is 77.6 Å². The van der Waals surface area contributed by atoms with Crippen LogP contribution in [0.3, 0.4) is 0 Å². The minimum Gasteiger partial charge on any atom is -0.241 e. The first-order valence-corrected chi connectivity index (χ1v) is 4.54. The van der Waals surface area contributed by atoms with Crippen molar-refractivity contribution < 1.29 is 4.57 Å². The Morgan fingerprint density at radius 2 is 2.31 bits per heavy atom. The summed E-state index contributed by atoms with van der Waals surface area (Å²) >= 11 is 0. The van der Waals surface area contributed by atoms with E-state index in [1.165, 1.54) is 16.6 Å². The maximum absolute atomic E-state index is 4.28. The van der Waals surface area contributed by atoms with E-state index < -0.39 is 0 Å². The third kappa shape index (κ3) is 1.20. The molecule has 0 fully saturated rings. The molecule has 2 rings (SSSR count). The van der Waals surface area contributed by atoms with Crippen LogP contribution in [0.25, 0.3) is 5.52 Å². The van der Waals surface area contributed by atoms with Gasteiger partial charge in [0.15, 0.2) is 5.52 Å². The molecule has 0 aliphatic heterocycles. The summed E-state index contributed by atoms with van der Waals surface area (Å²) in [6.07, 6.45) is 7.10. The average Bonchev–Trinajstić information content (AvgIpc) is 2.46. The van der Waals surface area contributed by atoms with Gasteiger partial charge in [-0.25, -0.2) is 4.57 Å². The molecule has 68 valence electrons. The molecule has 2 aromatic rings. The number of hydrogen-bond donors (Lipinski definition) is 0. The molecule has 0 N–H and O–H groups in total. The highest BCUT2D eigenvalue weighted by Crippen LogP contribution is 2.13. The molecule has 0 bridgehead atoms. The van der Waals surface area contributed by atoms with Crippen LogP contribution in [0, 0.1) is 6.92 Å². The van der Waals surface area contributed by atoms with Gasteiger partial charge in [-0.15, -0.1) is 4.52 Å². The highest BCUT2D eigenvalue weighted by atomic mass is 15.2. The lowest BCUT2D eigenvalue weighted by Gasteiger charge is -1.98. The predicted molar refractivity (Wildman–Crippen MR) is 50.5 cm³/mol. The Morgan fingerprint density at radius 3 is 3.00 bits per heavy atom. The van der Waals surface area contributed by atoms with Crippen LogP contribution in [0.15, 0.2) is 18.7 Å². The minimum absolute atomic E-state index is 1.05.